The number of rotatable bonds is 7. The summed E-state index contributed by atoms with van der Waals surface area (Å²) in [7, 11) is 1.98. The molecule has 1 rings (SSSR count). The van der Waals surface area contributed by atoms with E-state index in [1.807, 2.05) is 20.9 Å². The van der Waals surface area contributed by atoms with Gasteiger partial charge in [-0.3, -0.25) is 9.69 Å². The smallest absolute Gasteiger partial charge is 0.234 e. The molecule has 0 atom stereocenters. The highest BCUT2D eigenvalue weighted by molar-refractivity contribution is 5.78. The van der Waals surface area contributed by atoms with Gasteiger partial charge in [0.2, 0.25) is 5.91 Å². The van der Waals surface area contributed by atoms with Crippen molar-refractivity contribution in [1.29, 1.82) is 0 Å². The molecule has 1 amide bonds. The molecule has 4 nitrogen and oxygen atoms in total. The minimum absolute atomic E-state index is 0.00900. The van der Waals surface area contributed by atoms with E-state index in [1.54, 1.807) is 0 Å². The molecule has 0 spiro atoms. The molecule has 0 aromatic rings. The predicted molar refractivity (Wildman–Crippen MR) is 64.2 cm³/mol. The lowest BCUT2D eigenvalue weighted by molar-refractivity contribution is -0.123. The van der Waals surface area contributed by atoms with Gasteiger partial charge in [-0.15, -0.1) is 0 Å². The number of carbonyl (C=O) groups is 1. The fraction of sp³-hybridized carbons (Fsp3) is 0.917. The van der Waals surface area contributed by atoms with E-state index in [0.29, 0.717) is 32.0 Å². The van der Waals surface area contributed by atoms with Gasteiger partial charge in [-0.2, -0.15) is 0 Å². The number of nitrogens with zero attached hydrogens (tertiary/aromatic N) is 1. The number of nitrogens with one attached hydrogen (secondary N) is 1. The molecule has 0 aromatic heterocycles. The average Bonchev–Trinajstić information content (AvgIpc) is 3.09. The van der Waals surface area contributed by atoms with Gasteiger partial charge in [0.1, 0.15) is 0 Å². The maximum absolute atomic E-state index is 11.6. The maximum atomic E-state index is 11.6. The minimum atomic E-state index is -0.742. The van der Waals surface area contributed by atoms with Crippen LogP contribution in [0.1, 0.15) is 39.5 Å². The molecule has 0 heterocycles. The third kappa shape index (κ3) is 4.10. The Labute approximate surface area is 98.0 Å². The molecule has 1 aliphatic rings. The van der Waals surface area contributed by atoms with Crippen LogP contribution in [0.4, 0.5) is 0 Å². The van der Waals surface area contributed by atoms with Crippen molar-refractivity contribution in [1.82, 2.24) is 10.2 Å². The van der Waals surface area contributed by atoms with E-state index in [4.69, 9.17) is 0 Å². The zero-order valence-corrected chi connectivity index (χ0v) is 10.6. The van der Waals surface area contributed by atoms with Crippen LogP contribution in [0.25, 0.3) is 0 Å². The van der Waals surface area contributed by atoms with Gasteiger partial charge in [-0.25, -0.2) is 0 Å². The van der Waals surface area contributed by atoms with E-state index in [9.17, 15) is 9.90 Å². The van der Waals surface area contributed by atoms with Crippen LogP contribution < -0.4 is 5.32 Å². The van der Waals surface area contributed by atoms with Crippen LogP contribution in [0.15, 0.2) is 0 Å². The standard InChI is InChI=1S/C12H24N2O2/c1-4-12(16,5-2)9-13-11(15)8-14(3)10-6-7-10/h10,16H,4-9H2,1-3H3,(H,13,15). The van der Waals surface area contributed by atoms with Gasteiger partial charge in [0.05, 0.1) is 12.1 Å². The Morgan fingerprint density at radius 2 is 2.00 bits per heavy atom. The topological polar surface area (TPSA) is 52.6 Å². The molecule has 2 N–H and O–H groups in total. The monoisotopic (exact) mass is 228 g/mol. The number of hydrogen-bond donors (Lipinski definition) is 2. The molecule has 16 heavy (non-hydrogen) atoms. The van der Waals surface area contributed by atoms with E-state index in [1.165, 1.54) is 12.8 Å². The number of amides is 1. The van der Waals surface area contributed by atoms with E-state index in [2.05, 4.69) is 10.2 Å². The Morgan fingerprint density at radius 1 is 1.44 bits per heavy atom. The summed E-state index contributed by atoms with van der Waals surface area (Å²) in [5, 5.41) is 12.8. The summed E-state index contributed by atoms with van der Waals surface area (Å²) in [4.78, 5) is 13.7. The Kier molecular flexibility index (Phi) is 4.74. The fourth-order valence-corrected chi connectivity index (χ4v) is 1.69. The van der Waals surface area contributed by atoms with Crippen LogP contribution in [-0.4, -0.2) is 47.7 Å². The summed E-state index contributed by atoms with van der Waals surface area (Å²) in [5.74, 6) is 0.00900. The maximum Gasteiger partial charge on any atom is 0.234 e. The molecule has 4 heteroatoms. The summed E-state index contributed by atoms with van der Waals surface area (Å²) in [6, 6.07) is 0.599. The van der Waals surface area contributed by atoms with Gasteiger partial charge in [-0.05, 0) is 32.7 Å². The minimum Gasteiger partial charge on any atom is -0.388 e. The predicted octanol–water partition coefficient (Wildman–Crippen LogP) is 0.748. The van der Waals surface area contributed by atoms with Gasteiger partial charge in [0.15, 0.2) is 0 Å². The van der Waals surface area contributed by atoms with Gasteiger partial charge in [-0.1, -0.05) is 13.8 Å². The van der Waals surface area contributed by atoms with Crippen molar-refractivity contribution in [3.63, 3.8) is 0 Å². The van der Waals surface area contributed by atoms with Crippen LogP contribution in [0.2, 0.25) is 0 Å². The highest BCUT2D eigenvalue weighted by atomic mass is 16.3. The molecule has 0 bridgehead atoms. The molecule has 0 unspecified atom stereocenters. The van der Waals surface area contributed by atoms with Gasteiger partial charge in [0, 0.05) is 12.6 Å². The van der Waals surface area contributed by atoms with Crippen LogP contribution in [0.3, 0.4) is 0 Å². The van der Waals surface area contributed by atoms with Crippen molar-refractivity contribution in [2.75, 3.05) is 20.1 Å². The SMILES string of the molecule is CCC(O)(CC)CNC(=O)CN(C)C1CC1. The van der Waals surface area contributed by atoms with Crippen molar-refractivity contribution in [2.45, 2.75) is 51.2 Å². The van der Waals surface area contributed by atoms with Crippen LogP contribution in [0, 0.1) is 0 Å². The second-order valence-electron chi connectivity index (χ2n) is 4.85. The average molecular weight is 228 g/mol. The van der Waals surface area contributed by atoms with E-state index in [0.717, 1.165) is 0 Å². The van der Waals surface area contributed by atoms with E-state index < -0.39 is 5.60 Å². The lowest BCUT2D eigenvalue weighted by atomic mass is 9.98. The number of aliphatic hydroxyl groups is 1. The Bertz CT molecular complexity index is 235. The van der Waals surface area contributed by atoms with Crippen molar-refractivity contribution < 1.29 is 9.90 Å². The summed E-state index contributed by atoms with van der Waals surface area (Å²) in [6.45, 7) is 4.67. The first-order valence-electron chi connectivity index (χ1n) is 6.20. The first-order valence-corrected chi connectivity index (χ1v) is 6.20. The molecule has 1 fully saturated rings. The molecule has 0 aromatic carbocycles. The van der Waals surface area contributed by atoms with Crippen molar-refractivity contribution in [2.24, 2.45) is 0 Å². The van der Waals surface area contributed by atoms with Crippen LogP contribution in [0.5, 0.6) is 0 Å². The second kappa shape index (κ2) is 5.64. The first kappa shape index (κ1) is 13.5. The quantitative estimate of drug-likeness (QED) is 0.676. The van der Waals surface area contributed by atoms with Crippen LogP contribution in [-0.2, 0) is 4.79 Å². The Hall–Kier alpha value is -0.610. The largest absolute Gasteiger partial charge is 0.388 e. The summed E-state index contributed by atoms with van der Waals surface area (Å²) in [5.41, 5.74) is -0.742. The second-order valence-corrected chi connectivity index (χ2v) is 4.85. The molecule has 94 valence electrons. The highest BCUT2D eigenvalue weighted by Gasteiger charge is 2.28. The van der Waals surface area contributed by atoms with Crippen molar-refractivity contribution in [3.05, 3.63) is 0 Å². The molecular formula is C12H24N2O2. The van der Waals surface area contributed by atoms with E-state index >= 15 is 0 Å². The number of hydrogen-bond acceptors (Lipinski definition) is 3. The van der Waals surface area contributed by atoms with Crippen LogP contribution >= 0.6 is 0 Å². The third-order valence-electron chi connectivity index (χ3n) is 3.49. The molecule has 0 saturated heterocycles. The Balaban J connectivity index is 2.23. The number of carbonyl (C=O) groups excluding carboxylic acids is 1. The molecule has 1 saturated carbocycles. The van der Waals surface area contributed by atoms with Gasteiger partial charge in [0.25, 0.3) is 0 Å². The molecule has 0 aliphatic heterocycles. The Morgan fingerprint density at radius 3 is 2.44 bits per heavy atom. The zero-order chi connectivity index (χ0) is 12.2. The van der Waals surface area contributed by atoms with Crippen molar-refractivity contribution >= 4 is 5.91 Å². The first-order chi connectivity index (χ1) is 7.50. The zero-order valence-electron chi connectivity index (χ0n) is 10.6. The van der Waals surface area contributed by atoms with Gasteiger partial charge < -0.3 is 10.4 Å². The van der Waals surface area contributed by atoms with Crippen molar-refractivity contribution in [3.8, 4) is 0 Å². The number of likely N-dealkylation sites (N-methyl/N-ethyl adjacent to an activating group) is 1. The molecular weight excluding hydrogens is 204 g/mol. The highest BCUT2D eigenvalue weighted by Crippen LogP contribution is 2.24. The molecule has 1 aliphatic carbocycles. The van der Waals surface area contributed by atoms with E-state index in [-0.39, 0.29) is 5.91 Å². The fourth-order valence-electron chi connectivity index (χ4n) is 1.69. The molecule has 0 radical (unpaired) electrons. The lowest BCUT2D eigenvalue weighted by Crippen LogP contribution is -2.45. The normalized spacial score (nSPS) is 16.6. The summed E-state index contributed by atoms with van der Waals surface area (Å²) in [6.07, 6.45) is 3.75. The summed E-state index contributed by atoms with van der Waals surface area (Å²) < 4.78 is 0. The lowest BCUT2D eigenvalue weighted by Gasteiger charge is -2.26. The van der Waals surface area contributed by atoms with Gasteiger partial charge >= 0.3 is 0 Å². The third-order valence-corrected chi connectivity index (χ3v) is 3.49. The summed E-state index contributed by atoms with van der Waals surface area (Å²) >= 11 is 0.